The Bertz CT molecular complexity index is 557. The molecule has 0 aliphatic heterocycles. The van der Waals surface area contributed by atoms with Crippen molar-refractivity contribution in [2.24, 2.45) is 0 Å². The van der Waals surface area contributed by atoms with E-state index in [0.29, 0.717) is 4.47 Å². The number of benzene rings is 2. The van der Waals surface area contributed by atoms with Gasteiger partial charge in [-0.25, -0.2) is 4.39 Å². The number of nitrogens with one attached hydrogen (secondary N) is 1. The van der Waals surface area contributed by atoms with Gasteiger partial charge in [0, 0.05) is 16.6 Å². The number of hydrogen-bond donors (Lipinski definition) is 1. The zero-order valence-electron chi connectivity index (χ0n) is 10.8. The van der Waals surface area contributed by atoms with Gasteiger partial charge >= 0.3 is 0 Å². The Labute approximate surface area is 125 Å². The number of halogens is 2. The molecule has 19 heavy (non-hydrogen) atoms. The summed E-state index contributed by atoms with van der Waals surface area (Å²) in [6, 6.07) is 13.5. The maximum Gasteiger partial charge on any atom is 0.137 e. The van der Waals surface area contributed by atoms with Crippen molar-refractivity contribution in [2.75, 3.05) is 11.6 Å². The van der Waals surface area contributed by atoms with E-state index in [0.717, 1.165) is 11.3 Å². The van der Waals surface area contributed by atoms with Crippen LogP contribution in [0.25, 0.3) is 0 Å². The Morgan fingerprint density at radius 1 is 1.16 bits per heavy atom. The molecule has 0 amide bonds. The van der Waals surface area contributed by atoms with Gasteiger partial charge in [0.05, 0.1) is 4.47 Å². The minimum Gasteiger partial charge on any atom is -0.379 e. The number of anilines is 1. The molecule has 0 bridgehead atoms. The summed E-state index contributed by atoms with van der Waals surface area (Å²) >= 11 is 4.93. The second kappa shape index (κ2) is 6.44. The summed E-state index contributed by atoms with van der Waals surface area (Å²) in [6.45, 7) is 2.06. The molecule has 2 rings (SSSR count). The molecule has 0 heterocycles. The van der Waals surface area contributed by atoms with E-state index in [4.69, 9.17) is 0 Å². The molecule has 4 heteroatoms. The number of thioether (sulfide) groups is 1. The van der Waals surface area contributed by atoms with E-state index in [2.05, 4.69) is 58.7 Å². The lowest BCUT2D eigenvalue weighted by atomic mass is 10.1. The normalized spacial score (nSPS) is 12.2. The molecule has 0 aliphatic carbocycles. The van der Waals surface area contributed by atoms with Crippen LogP contribution in [0.5, 0.6) is 0 Å². The topological polar surface area (TPSA) is 12.0 Å². The van der Waals surface area contributed by atoms with Gasteiger partial charge in [-0.2, -0.15) is 0 Å². The zero-order chi connectivity index (χ0) is 13.8. The highest BCUT2D eigenvalue weighted by atomic mass is 79.9. The van der Waals surface area contributed by atoms with Gasteiger partial charge in [-0.05, 0) is 71.1 Å². The van der Waals surface area contributed by atoms with Crippen LogP contribution in [-0.2, 0) is 0 Å². The molecule has 2 aromatic carbocycles. The first-order chi connectivity index (χ1) is 9.10. The van der Waals surface area contributed by atoms with Crippen LogP contribution >= 0.6 is 27.7 Å². The monoisotopic (exact) mass is 339 g/mol. The molecule has 0 radical (unpaired) electrons. The van der Waals surface area contributed by atoms with Crippen molar-refractivity contribution in [1.29, 1.82) is 0 Å². The van der Waals surface area contributed by atoms with Gasteiger partial charge in [0.2, 0.25) is 0 Å². The SMILES string of the molecule is CSc1ccc(NC(C)c2ccc(F)c(Br)c2)cc1. The average Bonchev–Trinajstić information content (AvgIpc) is 2.42. The van der Waals surface area contributed by atoms with Gasteiger partial charge in [-0.1, -0.05) is 6.07 Å². The van der Waals surface area contributed by atoms with Crippen LogP contribution in [0, 0.1) is 5.82 Å². The Morgan fingerprint density at radius 2 is 1.84 bits per heavy atom. The molecule has 2 aromatic rings. The highest BCUT2D eigenvalue weighted by molar-refractivity contribution is 9.10. The summed E-state index contributed by atoms with van der Waals surface area (Å²) in [7, 11) is 0. The van der Waals surface area contributed by atoms with E-state index in [1.165, 1.54) is 11.0 Å². The summed E-state index contributed by atoms with van der Waals surface area (Å²) in [5, 5.41) is 3.40. The van der Waals surface area contributed by atoms with Crippen LogP contribution < -0.4 is 5.32 Å². The third kappa shape index (κ3) is 3.74. The molecule has 1 N–H and O–H groups in total. The van der Waals surface area contributed by atoms with Gasteiger partial charge < -0.3 is 5.32 Å². The summed E-state index contributed by atoms with van der Waals surface area (Å²) in [6.07, 6.45) is 2.06. The molecular weight excluding hydrogens is 325 g/mol. The summed E-state index contributed by atoms with van der Waals surface area (Å²) < 4.78 is 13.7. The maximum atomic E-state index is 13.2. The van der Waals surface area contributed by atoms with Crippen molar-refractivity contribution in [3.63, 3.8) is 0 Å². The fourth-order valence-corrected chi connectivity index (χ4v) is 2.61. The number of hydrogen-bond acceptors (Lipinski definition) is 2. The van der Waals surface area contributed by atoms with Gasteiger partial charge in [-0.3, -0.25) is 0 Å². The predicted octanol–water partition coefficient (Wildman–Crippen LogP) is 5.48. The van der Waals surface area contributed by atoms with Gasteiger partial charge in [0.15, 0.2) is 0 Å². The minimum atomic E-state index is -0.236. The summed E-state index contributed by atoms with van der Waals surface area (Å²) in [5.41, 5.74) is 2.10. The van der Waals surface area contributed by atoms with E-state index < -0.39 is 0 Å². The fraction of sp³-hybridized carbons (Fsp3) is 0.200. The molecule has 1 unspecified atom stereocenters. The third-order valence-electron chi connectivity index (χ3n) is 2.92. The lowest BCUT2D eigenvalue weighted by molar-refractivity contribution is 0.619. The van der Waals surface area contributed by atoms with E-state index in [1.807, 2.05) is 6.07 Å². The molecule has 0 aromatic heterocycles. The molecule has 1 nitrogen and oxygen atoms in total. The molecule has 0 fully saturated rings. The van der Waals surface area contributed by atoms with E-state index in [1.54, 1.807) is 17.8 Å². The Balaban J connectivity index is 2.10. The molecule has 0 spiro atoms. The third-order valence-corrected chi connectivity index (χ3v) is 4.27. The van der Waals surface area contributed by atoms with Gasteiger partial charge in [0.25, 0.3) is 0 Å². The van der Waals surface area contributed by atoms with Crippen LogP contribution in [0.15, 0.2) is 51.8 Å². The summed E-state index contributed by atoms with van der Waals surface area (Å²) in [4.78, 5) is 1.24. The van der Waals surface area contributed by atoms with E-state index >= 15 is 0 Å². The molecular formula is C15H15BrFNS. The summed E-state index contributed by atoms with van der Waals surface area (Å²) in [5.74, 6) is -0.236. The molecule has 0 aliphatic rings. The molecule has 0 saturated heterocycles. The zero-order valence-corrected chi connectivity index (χ0v) is 13.2. The highest BCUT2D eigenvalue weighted by Gasteiger charge is 2.08. The first kappa shape index (κ1) is 14.4. The second-order valence-electron chi connectivity index (χ2n) is 4.27. The first-order valence-corrected chi connectivity index (χ1v) is 7.97. The van der Waals surface area contributed by atoms with Gasteiger partial charge in [0.1, 0.15) is 5.82 Å². The second-order valence-corrected chi connectivity index (χ2v) is 6.00. The molecule has 1 atom stereocenters. The van der Waals surface area contributed by atoms with Crippen molar-refractivity contribution < 1.29 is 4.39 Å². The van der Waals surface area contributed by atoms with Crippen LogP contribution in [0.4, 0.5) is 10.1 Å². The minimum absolute atomic E-state index is 0.122. The molecule has 100 valence electrons. The average molecular weight is 340 g/mol. The number of rotatable bonds is 4. The first-order valence-electron chi connectivity index (χ1n) is 5.95. The molecule has 0 saturated carbocycles. The lowest BCUT2D eigenvalue weighted by Gasteiger charge is -2.16. The van der Waals surface area contributed by atoms with Crippen molar-refractivity contribution >= 4 is 33.4 Å². The van der Waals surface area contributed by atoms with E-state index in [-0.39, 0.29) is 11.9 Å². The Kier molecular flexibility index (Phi) is 4.88. The van der Waals surface area contributed by atoms with Crippen molar-refractivity contribution in [3.8, 4) is 0 Å². The Morgan fingerprint density at radius 3 is 2.42 bits per heavy atom. The van der Waals surface area contributed by atoms with Crippen molar-refractivity contribution in [3.05, 3.63) is 58.3 Å². The lowest BCUT2D eigenvalue weighted by Crippen LogP contribution is -2.06. The van der Waals surface area contributed by atoms with Crippen LogP contribution in [-0.4, -0.2) is 6.26 Å². The van der Waals surface area contributed by atoms with Crippen molar-refractivity contribution in [2.45, 2.75) is 17.9 Å². The largest absolute Gasteiger partial charge is 0.379 e. The Hall–Kier alpha value is -1.000. The van der Waals surface area contributed by atoms with Crippen LogP contribution in [0.2, 0.25) is 0 Å². The van der Waals surface area contributed by atoms with Crippen LogP contribution in [0.1, 0.15) is 18.5 Å². The quantitative estimate of drug-likeness (QED) is 0.740. The fourth-order valence-electron chi connectivity index (χ4n) is 1.80. The van der Waals surface area contributed by atoms with Gasteiger partial charge in [-0.15, -0.1) is 11.8 Å². The standard InChI is InChI=1S/C15H15BrFNS/c1-10(11-3-8-15(17)14(16)9-11)18-12-4-6-13(19-2)7-5-12/h3-10,18H,1-2H3. The smallest absolute Gasteiger partial charge is 0.137 e. The predicted molar refractivity (Wildman–Crippen MR) is 84.4 cm³/mol. The van der Waals surface area contributed by atoms with E-state index in [9.17, 15) is 4.39 Å². The maximum absolute atomic E-state index is 13.2. The van der Waals surface area contributed by atoms with Crippen LogP contribution in [0.3, 0.4) is 0 Å². The highest BCUT2D eigenvalue weighted by Crippen LogP contribution is 2.25. The van der Waals surface area contributed by atoms with Crippen molar-refractivity contribution in [1.82, 2.24) is 0 Å².